The number of nitrogens with zero attached hydrogens (tertiary/aromatic N) is 4. The molecule has 18 heavy (non-hydrogen) atoms. The molecule has 0 radical (unpaired) electrons. The maximum absolute atomic E-state index is 5.76. The van der Waals surface area contributed by atoms with E-state index in [2.05, 4.69) is 41.5 Å². The number of aromatic nitrogens is 4. The molecule has 1 fully saturated rings. The summed E-state index contributed by atoms with van der Waals surface area (Å²) in [6.45, 7) is 8.22. The van der Waals surface area contributed by atoms with Crippen molar-refractivity contribution in [1.82, 2.24) is 25.5 Å². The topological polar surface area (TPSA) is 64.9 Å². The molecule has 0 amide bonds. The molecule has 6 heteroatoms. The van der Waals surface area contributed by atoms with Gasteiger partial charge in [0.05, 0.1) is 13.2 Å². The minimum Gasteiger partial charge on any atom is -0.378 e. The Bertz CT molecular complexity index is 392. The first kappa shape index (κ1) is 13.4. The lowest BCUT2D eigenvalue weighted by Crippen LogP contribution is -2.43. The van der Waals surface area contributed by atoms with Crippen molar-refractivity contribution in [3.8, 4) is 0 Å². The lowest BCUT2D eigenvalue weighted by atomic mass is 9.78. The van der Waals surface area contributed by atoms with Gasteiger partial charge in [0.2, 0.25) is 0 Å². The van der Waals surface area contributed by atoms with E-state index >= 15 is 0 Å². The minimum atomic E-state index is 0.0906. The number of aryl methyl sites for hydroxylation is 1. The van der Waals surface area contributed by atoms with Gasteiger partial charge in [0.25, 0.3) is 0 Å². The Morgan fingerprint density at radius 1 is 1.56 bits per heavy atom. The summed E-state index contributed by atoms with van der Waals surface area (Å²) in [4.78, 5) is 1.51. The number of hydrogen-bond acceptors (Lipinski definition) is 5. The smallest absolute Gasteiger partial charge is 0.175 e. The Labute approximate surface area is 108 Å². The lowest BCUT2D eigenvalue weighted by molar-refractivity contribution is 0.0610. The summed E-state index contributed by atoms with van der Waals surface area (Å²) in [5, 5.41) is 15.8. The molecule has 2 atom stereocenters. The first-order valence-corrected chi connectivity index (χ1v) is 6.60. The van der Waals surface area contributed by atoms with E-state index in [0.717, 1.165) is 31.8 Å². The van der Waals surface area contributed by atoms with E-state index in [9.17, 15) is 0 Å². The van der Waals surface area contributed by atoms with Crippen LogP contribution in [0.15, 0.2) is 0 Å². The van der Waals surface area contributed by atoms with Crippen LogP contribution in [-0.4, -0.2) is 45.5 Å². The van der Waals surface area contributed by atoms with Crippen molar-refractivity contribution in [2.24, 2.45) is 12.5 Å². The quantitative estimate of drug-likeness (QED) is 0.830. The van der Waals surface area contributed by atoms with Gasteiger partial charge in [-0.1, -0.05) is 13.8 Å². The summed E-state index contributed by atoms with van der Waals surface area (Å²) in [5.74, 6) is 0.806. The third kappa shape index (κ3) is 2.87. The predicted octanol–water partition coefficient (Wildman–Crippen LogP) is 0.546. The standard InChI is InChI=1S/C12H23N5O/c1-9(2)13-8-12(5-6-18-10(12)3)7-11-14-16-17(4)15-11/h9-10,13H,5-8H2,1-4H3. The van der Waals surface area contributed by atoms with E-state index < -0.39 is 0 Å². The van der Waals surface area contributed by atoms with Gasteiger partial charge in [0.1, 0.15) is 0 Å². The van der Waals surface area contributed by atoms with Crippen LogP contribution >= 0.6 is 0 Å². The molecule has 0 aromatic carbocycles. The highest BCUT2D eigenvalue weighted by molar-refractivity contribution is 4.98. The van der Waals surface area contributed by atoms with Crippen molar-refractivity contribution in [3.63, 3.8) is 0 Å². The maximum atomic E-state index is 5.76. The molecular formula is C12H23N5O. The largest absolute Gasteiger partial charge is 0.378 e. The second-order valence-electron chi connectivity index (χ2n) is 5.53. The van der Waals surface area contributed by atoms with Crippen molar-refractivity contribution in [2.75, 3.05) is 13.2 Å². The predicted molar refractivity (Wildman–Crippen MR) is 68.1 cm³/mol. The molecule has 1 N–H and O–H groups in total. The molecule has 1 aromatic heterocycles. The SMILES string of the molecule is CC(C)NCC1(Cc2nnn(C)n2)CCOC1C. The summed E-state index contributed by atoms with van der Waals surface area (Å²) in [7, 11) is 1.80. The van der Waals surface area contributed by atoms with E-state index in [1.54, 1.807) is 7.05 Å². The van der Waals surface area contributed by atoms with Crippen LogP contribution in [0.3, 0.4) is 0 Å². The number of nitrogens with one attached hydrogen (secondary N) is 1. The zero-order valence-electron chi connectivity index (χ0n) is 11.7. The average molecular weight is 253 g/mol. The fourth-order valence-electron chi connectivity index (χ4n) is 2.46. The molecule has 0 aliphatic carbocycles. The van der Waals surface area contributed by atoms with Crippen LogP contribution in [0.1, 0.15) is 33.0 Å². The molecular weight excluding hydrogens is 230 g/mol. The van der Waals surface area contributed by atoms with Crippen molar-refractivity contribution in [1.29, 1.82) is 0 Å². The Balaban J connectivity index is 2.09. The van der Waals surface area contributed by atoms with Crippen molar-refractivity contribution >= 4 is 0 Å². The Hall–Kier alpha value is -1.01. The summed E-state index contributed by atoms with van der Waals surface area (Å²) >= 11 is 0. The molecule has 1 saturated heterocycles. The monoisotopic (exact) mass is 253 g/mol. The van der Waals surface area contributed by atoms with E-state index in [1.165, 1.54) is 4.80 Å². The Morgan fingerprint density at radius 2 is 2.33 bits per heavy atom. The van der Waals surface area contributed by atoms with Gasteiger partial charge >= 0.3 is 0 Å². The number of hydrogen-bond donors (Lipinski definition) is 1. The van der Waals surface area contributed by atoms with E-state index in [1.807, 2.05) is 0 Å². The molecule has 2 unspecified atom stereocenters. The number of rotatable bonds is 5. The lowest BCUT2D eigenvalue weighted by Gasteiger charge is -2.32. The van der Waals surface area contributed by atoms with Crippen molar-refractivity contribution < 1.29 is 4.74 Å². The minimum absolute atomic E-state index is 0.0906. The molecule has 2 rings (SSSR count). The van der Waals surface area contributed by atoms with E-state index in [4.69, 9.17) is 4.74 Å². The summed E-state index contributed by atoms with van der Waals surface area (Å²) in [6, 6.07) is 0.476. The highest BCUT2D eigenvalue weighted by atomic mass is 16.5. The number of tetrazole rings is 1. The summed E-state index contributed by atoms with van der Waals surface area (Å²) < 4.78 is 5.76. The fraction of sp³-hybridized carbons (Fsp3) is 0.917. The van der Waals surface area contributed by atoms with Crippen molar-refractivity contribution in [3.05, 3.63) is 5.82 Å². The van der Waals surface area contributed by atoms with Crippen molar-refractivity contribution in [2.45, 2.75) is 45.8 Å². The Kier molecular flexibility index (Phi) is 3.97. The highest BCUT2D eigenvalue weighted by Crippen LogP contribution is 2.37. The van der Waals surface area contributed by atoms with E-state index in [-0.39, 0.29) is 11.5 Å². The summed E-state index contributed by atoms with van der Waals surface area (Å²) in [6.07, 6.45) is 2.10. The molecule has 2 heterocycles. The van der Waals surface area contributed by atoms with Crippen LogP contribution in [0.4, 0.5) is 0 Å². The second kappa shape index (κ2) is 5.32. The molecule has 0 saturated carbocycles. The summed E-state index contributed by atoms with van der Waals surface area (Å²) in [5.41, 5.74) is 0.0906. The fourth-order valence-corrected chi connectivity index (χ4v) is 2.46. The molecule has 1 aliphatic rings. The van der Waals surface area contributed by atoms with Gasteiger partial charge in [-0.2, -0.15) is 4.80 Å². The van der Waals surface area contributed by atoms with Crippen LogP contribution in [0.5, 0.6) is 0 Å². The Morgan fingerprint density at radius 3 is 2.83 bits per heavy atom. The van der Waals surface area contributed by atoms with Crippen LogP contribution in [0, 0.1) is 5.41 Å². The molecule has 1 aromatic rings. The first-order chi connectivity index (χ1) is 8.52. The third-order valence-electron chi connectivity index (χ3n) is 3.75. The third-order valence-corrected chi connectivity index (χ3v) is 3.75. The highest BCUT2D eigenvalue weighted by Gasteiger charge is 2.42. The van der Waals surface area contributed by atoms with Gasteiger partial charge in [0, 0.05) is 31.0 Å². The maximum Gasteiger partial charge on any atom is 0.175 e. The van der Waals surface area contributed by atoms with Gasteiger partial charge in [-0.3, -0.25) is 0 Å². The van der Waals surface area contributed by atoms with Crippen LogP contribution in [0.2, 0.25) is 0 Å². The second-order valence-corrected chi connectivity index (χ2v) is 5.53. The van der Waals surface area contributed by atoms with Gasteiger partial charge in [-0.25, -0.2) is 0 Å². The normalized spacial score (nSPS) is 28.2. The van der Waals surface area contributed by atoms with Crippen LogP contribution in [-0.2, 0) is 18.2 Å². The molecule has 6 nitrogen and oxygen atoms in total. The zero-order valence-corrected chi connectivity index (χ0v) is 11.7. The van der Waals surface area contributed by atoms with Gasteiger partial charge in [-0.15, -0.1) is 10.2 Å². The molecule has 102 valence electrons. The molecule has 1 aliphatic heterocycles. The van der Waals surface area contributed by atoms with Crippen LogP contribution < -0.4 is 5.32 Å². The molecule has 0 spiro atoms. The zero-order chi connectivity index (χ0) is 13.2. The van der Waals surface area contributed by atoms with Gasteiger partial charge in [-0.05, 0) is 18.6 Å². The van der Waals surface area contributed by atoms with Crippen LogP contribution in [0.25, 0.3) is 0 Å². The molecule has 0 bridgehead atoms. The average Bonchev–Trinajstić information content (AvgIpc) is 2.85. The van der Waals surface area contributed by atoms with Gasteiger partial charge < -0.3 is 10.1 Å². The number of ether oxygens (including phenoxy) is 1. The van der Waals surface area contributed by atoms with Gasteiger partial charge in [0.15, 0.2) is 5.82 Å². The first-order valence-electron chi connectivity index (χ1n) is 6.60. The van der Waals surface area contributed by atoms with E-state index in [0.29, 0.717) is 6.04 Å².